The first-order chi connectivity index (χ1) is 13.0. The highest BCUT2D eigenvalue weighted by atomic mass is 32.2. The normalized spacial score (nSPS) is 13.0. The highest BCUT2D eigenvalue weighted by Crippen LogP contribution is 2.29. The van der Waals surface area contributed by atoms with Crippen molar-refractivity contribution in [3.63, 3.8) is 0 Å². The maximum atomic E-state index is 12.6. The molecule has 6 nitrogen and oxygen atoms in total. The third-order valence-electron chi connectivity index (χ3n) is 3.90. The summed E-state index contributed by atoms with van der Waals surface area (Å²) >= 11 is 0. The van der Waals surface area contributed by atoms with E-state index in [2.05, 4.69) is 5.32 Å². The molecule has 0 saturated carbocycles. The van der Waals surface area contributed by atoms with E-state index >= 15 is 0 Å². The van der Waals surface area contributed by atoms with E-state index in [4.69, 9.17) is 5.73 Å². The summed E-state index contributed by atoms with van der Waals surface area (Å²) in [6.07, 6.45) is -4.82. The van der Waals surface area contributed by atoms with Gasteiger partial charge in [-0.3, -0.25) is 9.59 Å². The van der Waals surface area contributed by atoms with Crippen molar-refractivity contribution in [2.45, 2.75) is 23.5 Å². The number of sulfone groups is 1. The zero-order chi connectivity index (χ0) is 20.9. The Morgan fingerprint density at radius 1 is 1.00 bits per heavy atom. The van der Waals surface area contributed by atoms with Crippen LogP contribution in [-0.2, 0) is 20.8 Å². The Labute approximate surface area is 159 Å². The van der Waals surface area contributed by atoms with Gasteiger partial charge in [0, 0.05) is 5.56 Å². The maximum absolute atomic E-state index is 12.6. The molecule has 0 aromatic heterocycles. The zero-order valence-electron chi connectivity index (χ0n) is 14.4. The van der Waals surface area contributed by atoms with Gasteiger partial charge in [-0.15, -0.1) is 0 Å². The zero-order valence-corrected chi connectivity index (χ0v) is 15.3. The van der Waals surface area contributed by atoms with Gasteiger partial charge in [0.25, 0.3) is 5.91 Å². The Hall–Kier alpha value is -2.88. The van der Waals surface area contributed by atoms with Crippen LogP contribution in [0.2, 0.25) is 0 Å². The predicted octanol–water partition coefficient (Wildman–Crippen LogP) is 2.15. The lowest BCUT2D eigenvalue weighted by molar-refractivity contribution is -0.137. The number of halogens is 3. The van der Waals surface area contributed by atoms with Crippen molar-refractivity contribution in [1.29, 1.82) is 0 Å². The van der Waals surface area contributed by atoms with Gasteiger partial charge in [0.1, 0.15) is 6.04 Å². The average Bonchev–Trinajstić information content (AvgIpc) is 2.64. The minimum absolute atomic E-state index is 0.0623. The van der Waals surface area contributed by atoms with Crippen molar-refractivity contribution in [3.8, 4) is 0 Å². The van der Waals surface area contributed by atoms with Crippen LogP contribution < -0.4 is 11.1 Å². The summed E-state index contributed by atoms with van der Waals surface area (Å²) in [5.41, 5.74) is 4.17. The molecule has 0 aliphatic heterocycles. The standard InChI is InChI=1S/C18H17F3N2O4S/c19-18(20,21)13-8-6-12(7-9-13)17(25)23-15(16(22)24)10-11-28(26,27)14-4-2-1-3-5-14/h1-9,15H,10-11H2,(H2,22,24)(H,23,25)/t15-/m0/s1. The van der Waals surface area contributed by atoms with Crippen LogP contribution in [0.1, 0.15) is 22.3 Å². The third-order valence-corrected chi connectivity index (χ3v) is 5.66. The molecule has 150 valence electrons. The van der Waals surface area contributed by atoms with Gasteiger partial charge in [0.15, 0.2) is 9.84 Å². The summed E-state index contributed by atoms with van der Waals surface area (Å²) in [6.45, 7) is 0. The highest BCUT2D eigenvalue weighted by molar-refractivity contribution is 7.91. The Morgan fingerprint density at radius 2 is 1.57 bits per heavy atom. The van der Waals surface area contributed by atoms with Gasteiger partial charge in [0.2, 0.25) is 5.91 Å². The summed E-state index contributed by atoms with van der Waals surface area (Å²) in [5.74, 6) is -2.24. The minimum Gasteiger partial charge on any atom is -0.368 e. The molecule has 0 saturated heterocycles. The fraction of sp³-hybridized carbons (Fsp3) is 0.222. The molecule has 0 aliphatic rings. The monoisotopic (exact) mass is 414 g/mol. The lowest BCUT2D eigenvalue weighted by Gasteiger charge is -2.16. The summed E-state index contributed by atoms with van der Waals surface area (Å²) in [4.78, 5) is 23.8. The second kappa shape index (κ2) is 8.42. The SMILES string of the molecule is NC(=O)[C@H](CCS(=O)(=O)c1ccccc1)NC(=O)c1ccc(C(F)(F)F)cc1. The fourth-order valence-electron chi connectivity index (χ4n) is 2.36. The first-order valence-electron chi connectivity index (χ1n) is 8.06. The van der Waals surface area contributed by atoms with Crippen LogP contribution in [0.25, 0.3) is 0 Å². The summed E-state index contributed by atoms with van der Waals surface area (Å²) in [6, 6.07) is 9.61. The van der Waals surface area contributed by atoms with Crippen LogP contribution in [0.5, 0.6) is 0 Å². The maximum Gasteiger partial charge on any atom is 0.416 e. The van der Waals surface area contributed by atoms with E-state index in [1.54, 1.807) is 18.2 Å². The van der Waals surface area contributed by atoms with Crippen molar-refractivity contribution in [3.05, 3.63) is 65.7 Å². The molecule has 3 N–H and O–H groups in total. The van der Waals surface area contributed by atoms with Crippen molar-refractivity contribution in [1.82, 2.24) is 5.32 Å². The van der Waals surface area contributed by atoms with Gasteiger partial charge < -0.3 is 11.1 Å². The smallest absolute Gasteiger partial charge is 0.368 e. The molecule has 0 fully saturated rings. The van der Waals surface area contributed by atoms with E-state index in [9.17, 15) is 31.2 Å². The summed E-state index contributed by atoms with van der Waals surface area (Å²) in [7, 11) is -3.70. The average molecular weight is 414 g/mol. The predicted molar refractivity (Wildman–Crippen MR) is 95.0 cm³/mol. The highest BCUT2D eigenvalue weighted by Gasteiger charge is 2.30. The van der Waals surface area contributed by atoms with E-state index in [0.717, 1.165) is 24.3 Å². The minimum atomic E-state index is -4.55. The fourth-order valence-corrected chi connectivity index (χ4v) is 3.71. The second-order valence-electron chi connectivity index (χ2n) is 5.92. The molecule has 2 amide bonds. The van der Waals surface area contributed by atoms with E-state index in [1.807, 2.05) is 0 Å². The number of hydrogen-bond acceptors (Lipinski definition) is 4. The molecule has 0 unspecified atom stereocenters. The van der Waals surface area contributed by atoms with Crippen LogP contribution in [0.15, 0.2) is 59.5 Å². The molecular formula is C18H17F3N2O4S. The molecule has 2 aromatic rings. The third kappa shape index (κ3) is 5.56. The van der Waals surface area contributed by atoms with Crippen molar-refractivity contribution in [2.75, 3.05) is 5.75 Å². The van der Waals surface area contributed by atoms with E-state index < -0.39 is 45.2 Å². The number of nitrogens with two attached hydrogens (primary N) is 1. The number of alkyl halides is 3. The number of carbonyl (C=O) groups excluding carboxylic acids is 2. The van der Waals surface area contributed by atoms with Gasteiger partial charge >= 0.3 is 6.18 Å². The molecule has 0 bridgehead atoms. The lowest BCUT2D eigenvalue weighted by Crippen LogP contribution is -2.45. The number of benzene rings is 2. The molecule has 0 heterocycles. The van der Waals surface area contributed by atoms with Gasteiger partial charge in [0.05, 0.1) is 16.2 Å². The van der Waals surface area contributed by atoms with Crippen molar-refractivity contribution in [2.24, 2.45) is 5.73 Å². The lowest BCUT2D eigenvalue weighted by atomic mass is 10.1. The molecule has 28 heavy (non-hydrogen) atoms. The molecule has 0 radical (unpaired) electrons. The van der Waals surface area contributed by atoms with Gasteiger partial charge in [-0.1, -0.05) is 18.2 Å². The van der Waals surface area contributed by atoms with Gasteiger partial charge in [-0.2, -0.15) is 13.2 Å². The number of rotatable bonds is 7. The molecule has 0 spiro atoms. The molecule has 2 rings (SSSR count). The molecular weight excluding hydrogens is 397 g/mol. The first kappa shape index (κ1) is 21.4. The van der Waals surface area contributed by atoms with E-state index in [-0.39, 0.29) is 16.9 Å². The summed E-state index contributed by atoms with van der Waals surface area (Å²) < 4.78 is 62.3. The number of carbonyl (C=O) groups is 2. The van der Waals surface area contributed by atoms with Crippen LogP contribution in [0, 0.1) is 0 Å². The van der Waals surface area contributed by atoms with Gasteiger partial charge in [-0.05, 0) is 42.8 Å². The topological polar surface area (TPSA) is 106 Å². The number of primary amides is 1. The Bertz CT molecular complexity index is 943. The Kier molecular flexibility index (Phi) is 6.45. The first-order valence-corrected chi connectivity index (χ1v) is 9.71. The Morgan fingerprint density at radius 3 is 2.07 bits per heavy atom. The molecule has 1 atom stereocenters. The van der Waals surface area contributed by atoms with Crippen LogP contribution >= 0.6 is 0 Å². The van der Waals surface area contributed by atoms with E-state index in [0.29, 0.717) is 0 Å². The molecule has 0 aliphatic carbocycles. The van der Waals surface area contributed by atoms with Crippen molar-refractivity contribution >= 4 is 21.7 Å². The largest absolute Gasteiger partial charge is 0.416 e. The van der Waals surface area contributed by atoms with Crippen LogP contribution in [0.3, 0.4) is 0 Å². The Balaban J connectivity index is 2.06. The quantitative estimate of drug-likeness (QED) is 0.724. The van der Waals surface area contributed by atoms with Crippen molar-refractivity contribution < 1.29 is 31.2 Å². The number of hydrogen-bond donors (Lipinski definition) is 2. The molecule has 2 aromatic carbocycles. The van der Waals surface area contributed by atoms with Gasteiger partial charge in [-0.25, -0.2) is 8.42 Å². The van der Waals surface area contributed by atoms with Crippen LogP contribution in [0.4, 0.5) is 13.2 Å². The number of amides is 2. The molecule has 10 heteroatoms. The second-order valence-corrected chi connectivity index (χ2v) is 8.03. The van der Waals surface area contributed by atoms with E-state index in [1.165, 1.54) is 12.1 Å². The number of nitrogens with one attached hydrogen (secondary N) is 1. The summed E-state index contributed by atoms with van der Waals surface area (Å²) in [5, 5.41) is 2.26. The van der Waals surface area contributed by atoms with Crippen LogP contribution in [-0.4, -0.2) is 32.0 Å².